The van der Waals surface area contributed by atoms with Crippen molar-refractivity contribution < 1.29 is 0 Å². The van der Waals surface area contributed by atoms with Crippen LogP contribution >= 0.6 is 0 Å². The second-order valence-electron chi connectivity index (χ2n) is 5.45. The summed E-state index contributed by atoms with van der Waals surface area (Å²) < 4.78 is 0. The van der Waals surface area contributed by atoms with E-state index in [1.54, 1.807) is 6.07 Å². The van der Waals surface area contributed by atoms with Gasteiger partial charge in [-0.05, 0) is 24.7 Å². The maximum atomic E-state index is 11.4. The van der Waals surface area contributed by atoms with Crippen LogP contribution in [0, 0.1) is 11.8 Å². The van der Waals surface area contributed by atoms with Crippen LogP contribution in [0.15, 0.2) is 10.9 Å². The van der Waals surface area contributed by atoms with Gasteiger partial charge >= 0.3 is 0 Å². The summed E-state index contributed by atoms with van der Waals surface area (Å²) in [5.41, 5.74) is -0.0682. The summed E-state index contributed by atoms with van der Waals surface area (Å²) >= 11 is 0. The van der Waals surface area contributed by atoms with Crippen molar-refractivity contribution >= 4 is 5.82 Å². The van der Waals surface area contributed by atoms with Crippen molar-refractivity contribution in [3.05, 3.63) is 22.2 Å². The van der Waals surface area contributed by atoms with Crippen molar-refractivity contribution in [2.75, 3.05) is 11.9 Å². The van der Waals surface area contributed by atoms with E-state index in [-0.39, 0.29) is 5.56 Å². The molecule has 1 aliphatic carbocycles. The third-order valence-electron chi connectivity index (χ3n) is 3.74. The van der Waals surface area contributed by atoms with Crippen molar-refractivity contribution in [3.8, 4) is 0 Å². The molecular weight excluding hydrogens is 226 g/mol. The Kier molecular flexibility index (Phi) is 4.39. The van der Waals surface area contributed by atoms with Crippen molar-refractivity contribution in [1.82, 2.24) is 9.97 Å². The summed E-state index contributed by atoms with van der Waals surface area (Å²) in [7, 11) is 0. The molecule has 4 heteroatoms. The predicted octanol–water partition coefficient (Wildman–Crippen LogP) is 2.57. The molecule has 2 rings (SSSR count). The minimum absolute atomic E-state index is 0.0682. The van der Waals surface area contributed by atoms with E-state index in [1.807, 2.05) is 6.92 Å². The van der Waals surface area contributed by atoms with Gasteiger partial charge in [0.25, 0.3) is 5.56 Å². The number of nitrogens with one attached hydrogen (secondary N) is 2. The van der Waals surface area contributed by atoms with Crippen LogP contribution in [0.3, 0.4) is 0 Å². The van der Waals surface area contributed by atoms with E-state index >= 15 is 0 Å². The van der Waals surface area contributed by atoms with Crippen molar-refractivity contribution in [3.63, 3.8) is 0 Å². The maximum absolute atomic E-state index is 11.4. The maximum Gasteiger partial charge on any atom is 0.252 e. The molecule has 1 aromatic rings. The summed E-state index contributed by atoms with van der Waals surface area (Å²) in [4.78, 5) is 18.6. The smallest absolute Gasteiger partial charge is 0.252 e. The lowest BCUT2D eigenvalue weighted by Gasteiger charge is -2.26. The average molecular weight is 249 g/mol. The SMILES string of the molecule is CCc1nc(NCC2CCCC(C)C2)cc(=O)[nH]1. The highest BCUT2D eigenvalue weighted by Gasteiger charge is 2.18. The third kappa shape index (κ3) is 3.59. The van der Waals surface area contributed by atoms with Crippen LogP contribution in [0.4, 0.5) is 5.82 Å². The molecule has 1 aliphatic rings. The fourth-order valence-corrected chi connectivity index (χ4v) is 2.76. The molecule has 18 heavy (non-hydrogen) atoms. The van der Waals surface area contributed by atoms with Gasteiger partial charge in [0.15, 0.2) is 0 Å². The van der Waals surface area contributed by atoms with Crippen LogP contribution in [0.25, 0.3) is 0 Å². The highest BCUT2D eigenvalue weighted by molar-refractivity contribution is 5.32. The zero-order valence-corrected chi connectivity index (χ0v) is 11.3. The Balaban J connectivity index is 1.93. The fraction of sp³-hybridized carbons (Fsp3) is 0.714. The van der Waals surface area contributed by atoms with Gasteiger partial charge in [0, 0.05) is 19.0 Å². The minimum Gasteiger partial charge on any atom is -0.370 e. The van der Waals surface area contributed by atoms with Gasteiger partial charge < -0.3 is 10.3 Å². The molecule has 0 bridgehead atoms. The standard InChI is InChI=1S/C14H23N3O/c1-3-12-16-13(8-14(18)17-12)15-9-11-6-4-5-10(2)7-11/h8,10-11H,3-7,9H2,1-2H3,(H2,15,16,17,18). The van der Waals surface area contributed by atoms with Gasteiger partial charge in [-0.25, -0.2) is 4.98 Å². The second kappa shape index (κ2) is 6.03. The molecule has 2 atom stereocenters. The molecule has 2 unspecified atom stereocenters. The summed E-state index contributed by atoms with van der Waals surface area (Å²) in [5.74, 6) is 3.03. The van der Waals surface area contributed by atoms with Crippen LogP contribution in [-0.2, 0) is 6.42 Å². The molecule has 2 N–H and O–H groups in total. The molecule has 0 aliphatic heterocycles. The highest BCUT2D eigenvalue weighted by Crippen LogP contribution is 2.28. The molecule has 0 aromatic carbocycles. The van der Waals surface area contributed by atoms with Crippen LogP contribution in [0.1, 0.15) is 45.4 Å². The molecule has 100 valence electrons. The number of aromatic nitrogens is 2. The Hall–Kier alpha value is -1.32. The van der Waals surface area contributed by atoms with E-state index in [4.69, 9.17) is 0 Å². The first kappa shape index (κ1) is 13.1. The first-order chi connectivity index (χ1) is 8.67. The topological polar surface area (TPSA) is 57.8 Å². The van der Waals surface area contributed by atoms with E-state index < -0.39 is 0 Å². The van der Waals surface area contributed by atoms with Crippen molar-refractivity contribution in [1.29, 1.82) is 0 Å². The molecule has 4 nitrogen and oxygen atoms in total. The summed E-state index contributed by atoms with van der Waals surface area (Å²) in [6, 6.07) is 1.55. The lowest BCUT2D eigenvalue weighted by molar-refractivity contribution is 0.293. The molecular formula is C14H23N3O. The van der Waals surface area contributed by atoms with Crippen LogP contribution in [0.2, 0.25) is 0 Å². The first-order valence-electron chi connectivity index (χ1n) is 7.01. The number of aromatic amines is 1. The van der Waals surface area contributed by atoms with E-state index in [9.17, 15) is 4.79 Å². The van der Waals surface area contributed by atoms with Crippen molar-refractivity contribution in [2.24, 2.45) is 11.8 Å². The number of hydrogen-bond donors (Lipinski definition) is 2. The first-order valence-corrected chi connectivity index (χ1v) is 7.01. The number of hydrogen-bond acceptors (Lipinski definition) is 3. The van der Waals surface area contributed by atoms with E-state index in [0.29, 0.717) is 5.82 Å². The number of rotatable bonds is 4. The van der Waals surface area contributed by atoms with Gasteiger partial charge in [0.1, 0.15) is 11.6 Å². The Labute approximate surface area is 108 Å². The monoisotopic (exact) mass is 249 g/mol. The number of aryl methyl sites for hydroxylation is 1. The highest BCUT2D eigenvalue weighted by atomic mass is 16.1. The minimum atomic E-state index is -0.0682. The van der Waals surface area contributed by atoms with Crippen LogP contribution in [-0.4, -0.2) is 16.5 Å². The zero-order valence-electron chi connectivity index (χ0n) is 11.3. The van der Waals surface area contributed by atoms with E-state index in [2.05, 4.69) is 22.2 Å². The third-order valence-corrected chi connectivity index (χ3v) is 3.74. The number of nitrogens with zero attached hydrogens (tertiary/aromatic N) is 1. The summed E-state index contributed by atoms with van der Waals surface area (Å²) in [6.45, 7) is 5.25. The molecule has 1 heterocycles. The Morgan fingerprint density at radius 3 is 3.06 bits per heavy atom. The number of anilines is 1. The lowest BCUT2D eigenvalue weighted by Crippen LogP contribution is -2.22. The van der Waals surface area contributed by atoms with E-state index in [1.165, 1.54) is 25.7 Å². The molecule has 0 radical (unpaired) electrons. The second-order valence-corrected chi connectivity index (χ2v) is 5.45. The Bertz CT molecular complexity index is 441. The van der Waals surface area contributed by atoms with Crippen LogP contribution < -0.4 is 10.9 Å². The molecule has 1 aromatic heterocycles. The van der Waals surface area contributed by atoms with E-state index in [0.717, 1.165) is 30.6 Å². The molecule has 0 saturated heterocycles. The fourth-order valence-electron chi connectivity index (χ4n) is 2.76. The lowest BCUT2D eigenvalue weighted by atomic mass is 9.82. The van der Waals surface area contributed by atoms with Gasteiger partial charge in [0.2, 0.25) is 0 Å². The van der Waals surface area contributed by atoms with Gasteiger partial charge in [-0.15, -0.1) is 0 Å². The van der Waals surface area contributed by atoms with Gasteiger partial charge in [-0.1, -0.05) is 26.7 Å². The predicted molar refractivity (Wildman–Crippen MR) is 73.8 cm³/mol. The summed E-state index contributed by atoms with van der Waals surface area (Å²) in [6.07, 6.45) is 6.03. The molecule has 0 amide bonds. The molecule has 1 saturated carbocycles. The van der Waals surface area contributed by atoms with Crippen molar-refractivity contribution in [2.45, 2.75) is 46.0 Å². The quantitative estimate of drug-likeness (QED) is 0.862. The summed E-state index contributed by atoms with van der Waals surface area (Å²) in [5, 5.41) is 3.32. The normalized spacial score (nSPS) is 23.9. The average Bonchev–Trinajstić information content (AvgIpc) is 2.36. The molecule has 0 spiro atoms. The zero-order chi connectivity index (χ0) is 13.0. The number of H-pyrrole nitrogens is 1. The van der Waals surface area contributed by atoms with Gasteiger partial charge in [0.05, 0.1) is 0 Å². The Morgan fingerprint density at radius 2 is 2.33 bits per heavy atom. The van der Waals surface area contributed by atoms with Gasteiger partial charge in [-0.2, -0.15) is 0 Å². The van der Waals surface area contributed by atoms with Gasteiger partial charge in [-0.3, -0.25) is 4.79 Å². The van der Waals surface area contributed by atoms with Crippen LogP contribution in [0.5, 0.6) is 0 Å². The largest absolute Gasteiger partial charge is 0.370 e. The molecule has 1 fully saturated rings. The Morgan fingerprint density at radius 1 is 1.50 bits per heavy atom.